The molecule has 1 amide bonds. The number of methoxy groups -OCH3 is 1. The van der Waals surface area contributed by atoms with Crippen molar-refractivity contribution in [1.82, 2.24) is 9.80 Å². The summed E-state index contributed by atoms with van der Waals surface area (Å²) >= 11 is 3.33. The number of aliphatic hydroxyl groups excluding tert-OH is 1. The summed E-state index contributed by atoms with van der Waals surface area (Å²) in [6.07, 6.45) is 0. The number of amides is 1. The van der Waals surface area contributed by atoms with Crippen molar-refractivity contribution in [3.8, 4) is 23.0 Å². The van der Waals surface area contributed by atoms with Gasteiger partial charge in [0.15, 0.2) is 23.0 Å². The van der Waals surface area contributed by atoms with Crippen LogP contribution in [0, 0.1) is 0 Å². The minimum Gasteiger partial charge on any atom is -0.507 e. The molecule has 0 aromatic heterocycles. The van der Waals surface area contributed by atoms with Crippen LogP contribution < -0.4 is 14.2 Å². The van der Waals surface area contributed by atoms with Crippen LogP contribution in [-0.4, -0.2) is 78.2 Å². The molecule has 0 bridgehead atoms. The number of aliphatic hydroxyl groups is 1. The highest BCUT2D eigenvalue weighted by Gasteiger charge is 2.46. The normalized spacial score (nSPS) is 18.7. The maximum atomic E-state index is 13.3. The van der Waals surface area contributed by atoms with Crippen LogP contribution in [0.4, 0.5) is 0 Å². The van der Waals surface area contributed by atoms with E-state index in [4.69, 9.17) is 14.2 Å². The number of likely N-dealkylation sites (tertiary alicyclic amines) is 1. The minimum absolute atomic E-state index is 0.0455. The van der Waals surface area contributed by atoms with Gasteiger partial charge in [-0.25, -0.2) is 0 Å². The Morgan fingerprint density at radius 1 is 1.14 bits per heavy atom. The van der Waals surface area contributed by atoms with Crippen LogP contribution in [0.15, 0.2) is 40.4 Å². The van der Waals surface area contributed by atoms with Gasteiger partial charge in [0.1, 0.15) is 19.0 Å². The van der Waals surface area contributed by atoms with Crippen LogP contribution in [0.2, 0.25) is 0 Å². The summed E-state index contributed by atoms with van der Waals surface area (Å²) < 4.78 is 16.8. The molecule has 0 aliphatic carbocycles. The van der Waals surface area contributed by atoms with Crippen molar-refractivity contribution in [3.63, 3.8) is 0 Å². The molecule has 2 aliphatic heterocycles. The first-order valence-electron chi connectivity index (χ1n) is 11.8. The molecule has 0 saturated carbocycles. The first-order chi connectivity index (χ1) is 17.3. The fraction of sp³-hybridized carbons (Fsp3) is 0.385. The van der Waals surface area contributed by atoms with Gasteiger partial charge in [0.05, 0.1) is 23.2 Å². The number of rotatable bonds is 8. The average Bonchev–Trinajstić information content (AvgIpc) is 3.15. The molecule has 192 valence electrons. The number of hydrogen-bond acceptors (Lipinski definition) is 8. The van der Waals surface area contributed by atoms with Gasteiger partial charge >= 0.3 is 0 Å². The number of halogens is 1. The number of aromatic hydroxyl groups is 1. The second-order valence-electron chi connectivity index (χ2n) is 8.43. The van der Waals surface area contributed by atoms with E-state index < -0.39 is 17.7 Å². The van der Waals surface area contributed by atoms with Gasteiger partial charge in [0.2, 0.25) is 0 Å². The van der Waals surface area contributed by atoms with Gasteiger partial charge in [-0.2, -0.15) is 0 Å². The summed E-state index contributed by atoms with van der Waals surface area (Å²) in [5.74, 6) is -0.734. The van der Waals surface area contributed by atoms with Crippen molar-refractivity contribution in [3.05, 3.63) is 51.5 Å². The molecule has 2 N–H and O–H groups in total. The topological polar surface area (TPSA) is 109 Å². The van der Waals surface area contributed by atoms with Crippen molar-refractivity contribution >= 4 is 33.4 Å². The number of Topliss-reactive ketones (excluding diaryl/α,β-unsaturated/α-hetero) is 1. The number of carbonyl (C=O) groups is 2. The molecule has 1 fully saturated rings. The van der Waals surface area contributed by atoms with Gasteiger partial charge in [0, 0.05) is 18.7 Å². The molecule has 0 radical (unpaired) electrons. The van der Waals surface area contributed by atoms with E-state index in [9.17, 15) is 19.8 Å². The Balaban J connectivity index is 1.85. The van der Waals surface area contributed by atoms with Crippen LogP contribution in [0.5, 0.6) is 23.0 Å². The molecule has 10 heteroatoms. The lowest BCUT2D eigenvalue weighted by atomic mass is 9.94. The molecule has 4 rings (SSSR count). The smallest absolute Gasteiger partial charge is 0.295 e. The highest BCUT2D eigenvalue weighted by Crippen LogP contribution is 2.45. The molecule has 2 heterocycles. The number of hydrogen-bond donors (Lipinski definition) is 2. The van der Waals surface area contributed by atoms with E-state index in [-0.39, 0.29) is 29.4 Å². The Morgan fingerprint density at radius 3 is 2.50 bits per heavy atom. The van der Waals surface area contributed by atoms with E-state index in [1.807, 2.05) is 13.8 Å². The molecule has 36 heavy (non-hydrogen) atoms. The average molecular weight is 561 g/mol. The third kappa shape index (κ3) is 4.75. The molecule has 1 atom stereocenters. The lowest BCUT2D eigenvalue weighted by molar-refractivity contribution is -0.140. The number of nitrogens with zero attached hydrogens (tertiary/aromatic N) is 2. The summed E-state index contributed by atoms with van der Waals surface area (Å²) in [6.45, 7) is 7.26. The fourth-order valence-electron chi connectivity index (χ4n) is 4.50. The molecular weight excluding hydrogens is 532 g/mol. The second kappa shape index (κ2) is 10.8. The van der Waals surface area contributed by atoms with Crippen LogP contribution in [-0.2, 0) is 9.59 Å². The Morgan fingerprint density at radius 2 is 1.83 bits per heavy atom. The zero-order valence-electron chi connectivity index (χ0n) is 20.4. The first kappa shape index (κ1) is 25.8. The predicted molar refractivity (Wildman–Crippen MR) is 137 cm³/mol. The summed E-state index contributed by atoms with van der Waals surface area (Å²) in [6, 6.07) is 7.18. The molecule has 1 saturated heterocycles. The Kier molecular flexibility index (Phi) is 7.75. The quantitative estimate of drug-likeness (QED) is 0.286. The van der Waals surface area contributed by atoms with Gasteiger partial charge in [-0.3, -0.25) is 9.59 Å². The zero-order valence-corrected chi connectivity index (χ0v) is 22.0. The Hall–Kier alpha value is -3.24. The third-order valence-corrected chi connectivity index (χ3v) is 7.10. The lowest BCUT2D eigenvalue weighted by Crippen LogP contribution is -2.38. The van der Waals surface area contributed by atoms with Gasteiger partial charge in [0.25, 0.3) is 11.7 Å². The number of phenolic OH excluding ortho intramolecular Hbond substituents is 1. The van der Waals surface area contributed by atoms with E-state index in [0.717, 1.165) is 13.1 Å². The number of likely N-dealkylation sites (N-methyl/N-ethyl adjacent to an activating group) is 1. The summed E-state index contributed by atoms with van der Waals surface area (Å²) in [5, 5.41) is 21.7. The largest absolute Gasteiger partial charge is 0.507 e. The maximum absolute atomic E-state index is 13.3. The van der Waals surface area contributed by atoms with Crippen molar-refractivity contribution in [2.24, 2.45) is 0 Å². The monoisotopic (exact) mass is 560 g/mol. The van der Waals surface area contributed by atoms with Gasteiger partial charge < -0.3 is 34.2 Å². The van der Waals surface area contributed by atoms with E-state index in [0.29, 0.717) is 46.9 Å². The van der Waals surface area contributed by atoms with E-state index in [2.05, 4.69) is 20.8 Å². The van der Waals surface area contributed by atoms with Crippen LogP contribution in [0.3, 0.4) is 0 Å². The van der Waals surface area contributed by atoms with Crippen molar-refractivity contribution in [2.45, 2.75) is 19.9 Å². The van der Waals surface area contributed by atoms with Crippen molar-refractivity contribution < 1.29 is 34.0 Å². The number of benzene rings is 2. The molecule has 2 aromatic rings. The molecule has 0 unspecified atom stereocenters. The van der Waals surface area contributed by atoms with E-state index in [1.54, 1.807) is 30.3 Å². The molecule has 2 aromatic carbocycles. The van der Waals surface area contributed by atoms with Gasteiger partial charge in [-0.1, -0.05) is 13.8 Å². The zero-order chi connectivity index (χ0) is 26.0. The predicted octanol–water partition coefficient (Wildman–Crippen LogP) is 3.70. The van der Waals surface area contributed by atoms with E-state index >= 15 is 0 Å². The SMILES string of the molecule is CCN(CC)CCN1C(=O)C(=O)/C(=C(/O)c2ccc3c(c2)OCCO3)[C@@H]1c1cc(Br)c(O)c(OC)c1. The summed E-state index contributed by atoms with van der Waals surface area (Å²) in [5.41, 5.74) is 0.793. The molecule has 9 nitrogen and oxygen atoms in total. The number of phenols is 1. The van der Waals surface area contributed by atoms with Crippen LogP contribution in [0.1, 0.15) is 31.0 Å². The lowest BCUT2D eigenvalue weighted by Gasteiger charge is -2.28. The third-order valence-electron chi connectivity index (χ3n) is 6.49. The molecular formula is C26H29BrN2O7. The highest BCUT2D eigenvalue weighted by atomic mass is 79.9. The maximum Gasteiger partial charge on any atom is 0.295 e. The van der Waals surface area contributed by atoms with Gasteiger partial charge in [-0.15, -0.1) is 0 Å². The molecule has 0 spiro atoms. The summed E-state index contributed by atoms with van der Waals surface area (Å²) in [4.78, 5) is 30.2. The second-order valence-corrected chi connectivity index (χ2v) is 9.29. The number of ketones is 1. The number of fused-ring (bicyclic) bond motifs is 1. The number of carbonyl (C=O) groups excluding carboxylic acids is 2. The van der Waals surface area contributed by atoms with Crippen molar-refractivity contribution in [1.29, 1.82) is 0 Å². The fourth-order valence-corrected chi connectivity index (χ4v) is 4.96. The Labute approximate surface area is 218 Å². The van der Waals surface area contributed by atoms with Crippen LogP contribution in [0.25, 0.3) is 5.76 Å². The van der Waals surface area contributed by atoms with Crippen molar-refractivity contribution in [2.75, 3.05) is 46.5 Å². The van der Waals surface area contributed by atoms with Gasteiger partial charge in [-0.05, 0) is 64.9 Å². The minimum atomic E-state index is -0.889. The molecule has 2 aliphatic rings. The standard InChI is InChI=1S/C26H29BrN2O7/c1-4-28(5-2)8-9-29-22(16-12-17(27)24(31)20(14-16)34-3)21(25(32)26(29)33)23(30)15-6-7-18-19(13-15)36-11-10-35-18/h6-7,12-14,22,30-31H,4-5,8-11H2,1-3H3/b23-21+/t22-/m0/s1. The summed E-state index contributed by atoms with van der Waals surface area (Å²) in [7, 11) is 1.41. The highest BCUT2D eigenvalue weighted by molar-refractivity contribution is 9.10. The van der Waals surface area contributed by atoms with E-state index in [1.165, 1.54) is 12.0 Å². The first-order valence-corrected chi connectivity index (χ1v) is 12.6. The number of ether oxygens (including phenoxy) is 3. The Bertz CT molecular complexity index is 1210. The van der Waals surface area contributed by atoms with Crippen LogP contribution >= 0.6 is 15.9 Å².